The molecule has 0 aliphatic heterocycles. The van der Waals surface area contributed by atoms with Crippen LogP contribution in [-0.4, -0.2) is 54.9 Å². The molecule has 1 aliphatic carbocycles. The van der Waals surface area contributed by atoms with Gasteiger partial charge in [-0.2, -0.15) is 8.78 Å². The van der Waals surface area contributed by atoms with E-state index in [4.69, 9.17) is 9.47 Å². The molecule has 0 saturated heterocycles. The molecule has 2 N–H and O–H groups in total. The summed E-state index contributed by atoms with van der Waals surface area (Å²) in [6.45, 7) is 6.96. The first-order chi connectivity index (χ1) is 18.2. The third-order valence-corrected chi connectivity index (χ3v) is 7.34. The largest absolute Gasteiger partial charge is 0.493 e. The van der Waals surface area contributed by atoms with Crippen molar-refractivity contribution < 1.29 is 27.8 Å². The summed E-state index contributed by atoms with van der Waals surface area (Å²) in [7, 11) is 5.68. The molecule has 0 amide bonds. The molecular formula is C30H38F3N3O3. The second-order valence-electron chi connectivity index (χ2n) is 11.6. The van der Waals surface area contributed by atoms with Crippen LogP contribution in [0.2, 0.25) is 0 Å². The fourth-order valence-electron chi connectivity index (χ4n) is 4.95. The monoisotopic (exact) mass is 545 g/mol. The predicted molar refractivity (Wildman–Crippen MR) is 147 cm³/mol. The zero-order chi connectivity index (χ0) is 28.8. The van der Waals surface area contributed by atoms with E-state index < -0.39 is 28.9 Å². The summed E-state index contributed by atoms with van der Waals surface area (Å²) in [6, 6.07) is 8.67. The number of benzene rings is 2. The van der Waals surface area contributed by atoms with Gasteiger partial charge in [0.15, 0.2) is 11.5 Å². The molecule has 39 heavy (non-hydrogen) atoms. The second kappa shape index (κ2) is 10.5. The fraction of sp³-hybridized carbons (Fsp3) is 0.500. The summed E-state index contributed by atoms with van der Waals surface area (Å²) >= 11 is 0. The molecule has 212 valence electrons. The number of anilines is 1. The molecule has 1 atom stereocenters. The van der Waals surface area contributed by atoms with Crippen LogP contribution in [0.15, 0.2) is 36.4 Å². The standard InChI is InChI=1S/C30H38F3N3O3/c1-18-13-23(35-19(2)20-9-8-10-22(27(20)31)30(32,33)28(3,4)37)21-14-26(25(38-7)15-24(21)34-18)39-17-29(11-12-29)16-36(5)6/h8-10,13-15,19,37H,11-12,16-17H2,1-7H3,(H,34,35). The van der Waals surface area contributed by atoms with Crippen molar-refractivity contribution in [1.29, 1.82) is 0 Å². The highest BCUT2D eigenvalue weighted by atomic mass is 19.3. The van der Waals surface area contributed by atoms with Crippen LogP contribution in [0, 0.1) is 18.2 Å². The van der Waals surface area contributed by atoms with E-state index >= 15 is 4.39 Å². The van der Waals surface area contributed by atoms with Gasteiger partial charge in [-0.1, -0.05) is 12.1 Å². The number of aromatic nitrogens is 1. The number of ether oxygens (including phenoxy) is 2. The maximum atomic E-state index is 15.4. The van der Waals surface area contributed by atoms with E-state index in [1.165, 1.54) is 12.1 Å². The lowest BCUT2D eigenvalue weighted by Gasteiger charge is -2.30. The van der Waals surface area contributed by atoms with Crippen LogP contribution < -0.4 is 14.8 Å². The normalized spacial score (nSPS) is 15.9. The SMILES string of the molecule is COc1cc2nc(C)cc(NC(C)c3cccc(C(F)(F)C(C)(C)O)c3F)c2cc1OCC1(CN(C)C)CC1. The Morgan fingerprint density at radius 3 is 2.44 bits per heavy atom. The lowest BCUT2D eigenvalue weighted by Crippen LogP contribution is -2.41. The number of pyridine rings is 1. The molecule has 3 aromatic rings. The molecule has 0 radical (unpaired) electrons. The molecule has 1 fully saturated rings. The number of alkyl halides is 2. The highest BCUT2D eigenvalue weighted by molar-refractivity contribution is 5.94. The van der Waals surface area contributed by atoms with Crippen LogP contribution in [-0.2, 0) is 5.92 Å². The number of hydrogen-bond acceptors (Lipinski definition) is 6. The molecular weight excluding hydrogens is 507 g/mol. The van der Waals surface area contributed by atoms with Gasteiger partial charge in [-0.15, -0.1) is 0 Å². The summed E-state index contributed by atoms with van der Waals surface area (Å²) in [5, 5.41) is 14.0. The Kier molecular flexibility index (Phi) is 7.80. The van der Waals surface area contributed by atoms with Crippen molar-refractivity contribution in [2.75, 3.05) is 39.7 Å². The Balaban J connectivity index is 1.68. The van der Waals surface area contributed by atoms with Gasteiger partial charge in [-0.25, -0.2) is 4.39 Å². The zero-order valence-electron chi connectivity index (χ0n) is 23.7. The number of aryl methyl sites for hydroxylation is 1. The van der Waals surface area contributed by atoms with Crippen molar-refractivity contribution in [3.05, 3.63) is 59.0 Å². The van der Waals surface area contributed by atoms with Gasteiger partial charge in [-0.3, -0.25) is 4.98 Å². The van der Waals surface area contributed by atoms with E-state index in [-0.39, 0.29) is 11.0 Å². The van der Waals surface area contributed by atoms with Crippen LogP contribution in [0.1, 0.15) is 56.5 Å². The summed E-state index contributed by atoms with van der Waals surface area (Å²) in [4.78, 5) is 6.80. The second-order valence-corrected chi connectivity index (χ2v) is 11.6. The average Bonchev–Trinajstić information content (AvgIpc) is 3.60. The van der Waals surface area contributed by atoms with Crippen molar-refractivity contribution in [3.63, 3.8) is 0 Å². The first kappa shape index (κ1) is 29.0. The molecule has 0 spiro atoms. The van der Waals surface area contributed by atoms with Gasteiger partial charge in [0.05, 0.1) is 30.8 Å². The highest BCUT2D eigenvalue weighted by Crippen LogP contribution is 2.47. The van der Waals surface area contributed by atoms with Gasteiger partial charge < -0.3 is 24.8 Å². The number of aliphatic hydroxyl groups is 1. The number of rotatable bonds is 11. The van der Waals surface area contributed by atoms with Gasteiger partial charge in [0, 0.05) is 40.4 Å². The number of methoxy groups -OCH3 is 1. The molecule has 6 nitrogen and oxygen atoms in total. The van der Waals surface area contributed by atoms with Crippen molar-refractivity contribution in [3.8, 4) is 11.5 Å². The van der Waals surface area contributed by atoms with Crippen LogP contribution in [0.3, 0.4) is 0 Å². The molecule has 1 aromatic heterocycles. The Labute approximate surface area is 228 Å². The molecule has 1 aliphatic rings. The molecule has 1 heterocycles. The van der Waals surface area contributed by atoms with E-state index in [0.717, 1.165) is 50.4 Å². The number of nitrogens with one attached hydrogen (secondary N) is 1. The smallest absolute Gasteiger partial charge is 0.303 e. The zero-order valence-corrected chi connectivity index (χ0v) is 23.7. The van der Waals surface area contributed by atoms with Gasteiger partial charge in [0.1, 0.15) is 11.4 Å². The van der Waals surface area contributed by atoms with Crippen LogP contribution in [0.4, 0.5) is 18.9 Å². The Morgan fingerprint density at radius 1 is 1.15 bits per heavy atom. The summed E-state index contributed by atoms with van der Waals surface area (Å²) in [5.74, 6) is -3.69. The Bertz CT molecular complexity index is 1350. The Hall–Kier alpha value is -3.04. The maximum Gasteiger partial charge on any atom is 0.303 e. The summed E-state index contributed by atoms with van der Waals surface area (Å²) in [6.07, 6.45) is 2.20. The quantitative estimate of drug-likeness (QED) is 0.289. The van der Waals surface area contributed by atoms with E-state index in [1.54, 1.807) is 14.0 Å². The van der Waals surface area contributed by atoms with Gasteiger partial charge in [0.25, 0.3) is 0 Å². The van der Waals surface area contributed by atoms with Crippen molar-refractivity contribution in [1.82, 2.24) is 9.88 Å². The lowest BCUT2D eigenvalue weighted by atomic mass is 9.91. The van der Waals surface area contributed by atoms with Crippen molar-refractivity contribution in [2.24, 2.45) is 5.41 Å². The predicted octanol–water partition coefficient (Wildman–Crippen LogP) is 6.45. The molecule has 2 aromatic carbocycles. The minimum atomic E-state index is -3.78. The number of nitrogens with zero attached hydrogens (tertiary/aromatic N) is 2. The number of fused-ring (bicyclic) bond motifs is 1. The Morgan fingerprint density at radius 2 is 1.85 bits per heavy atom. The number of halogens is 3. The first-order valence-electron chi connectivity index (χ1n) is 13.1. The molecule has 0 bridgehead atoms. The van der Waals surface area contributed by atoms with Crippen molar-refractivity contribution in [2.45, 2.75) is 58.1 Å². The van der Waals surface area contributed by atoms with Gasteiger partial charge in [0.2, 0.25) is 0 Å². The van der Waals surface area contributed by atoms with E-state index in [0.29, 0.717) is 29.3 Å². The van der Waals surface area contributed by atoms with Crippen LogP contribution in [0.25, 0.3) is 10.9 Å². The third-order valence-electron chi connectivity index (χ3n) is 7.34. The minimum absolute atomic E-state index is 0.0587. The topological polar surface area (TPSA) is 66.8 Å². The van der Waals surface area contributed by atoms with Gasteiger partial charge in [-0.05, 0) is 72.8 Å². The van der Waals surface area contributed by atoms with E-state index in [1.807, 2.05) is 39.2 Å². The maximum absolute atomic E-state index is 15.4. The van der Waals surface area contributed by atoms with E-state index in [2.05, 4.69) is 15.2 Å². The third kappa shape index (κ3) is 5.94. The highest BCUT2D eigenvalue weighted by Gasteiger charge is 2.49. The average molecular weight is 546 g/mol. The molecule has 1 saturated carbocycles. The number of hydrogen-bond donors (Lipinski definition) is 2. The molecule has 1 unspecified atom stereocenters. The van der Waals surface area contributed by atoms with Crippen LogP contribution >= 0.6 is 0 Å². The van der Waals surface area contributed by atoms with Gasteiger partial charge >= 0.3 is 5.92 Å². The summed E-state index contributed by atoms with van der Waals surface area (Å²) in [5.41, 5.74) is -1.05. The minimum Gasteiger partial charge on any atom is -0.493 e. The first-order valence-corrected chi connectivity index (χ1v) is 13.1. The van der Waals surface area contributed by atoms with E-state index in [9.17, 15) is 13.9 Å². The lowest BCUT2D eigenvalue weighted by molar-refractivity contribution is -0.170. The molecule has 9 heteroatoms. The fourth-order valence-corrected chi connectivity index (χ4v) is 4.95. The van der Waals surface area contributed by atoms with Crippen LogP contribution in [0.5, 0.6) is 11.5 Å². The van der Waals surface area contributed by atoms with Crippen molar-refractivity contribution >= 4 is 16.6 Å². The molecule has 4 rings (SSSR count). The summed E-state index contributed by atoms with van der Waals surface area (Å²) < 4.78 is 57.0.